The Kier molecular flexibility index (Phi) is 6.66. The third-order valence-corrected chi connectivity index (χ3v) is 5.01. The van der Waals surface area contributed by atoms with Crippen LogP contribution in [-0.2, 0) is 16.0 Å². The Bertz CT molecular complexity index is 821. The van der Waals surface area contributed by atoms with Crippen LogP contribution in [0.4, 0.5) is 0 Å². The maximum absolute atomic E-state index is 12.8. The summed E-state index contributed by atoms with van der Waals surface area (Å²) in [7, 11) is 1.51. The van der Waals surface area contributed by atoms with Crippen molar-refractivity contribution >= 4 is 11.9 Å². The highest BCUT2D eigenvalue weighted by molar-refractivity contribution is 5.88. The van der Waals surface area contributed by atoms with Gasteiger partial charge in [0, 0.05) is 13.2 Å². The van der Waals surface area contributed by atoms with Gasteiger partial charge in [-0.15, -0.1) is 0 Å². The van der Waals surface area contributed by atoms with Crippen molar-refractivity contribution in [1.29, 1.82) is 0 Å². The fourth-order valence-electron chi connectivity index (χ4n) is 3.56. The maximum Gasteiger partial charge on any atom is 0.335 e. The molecule has 0 radical (unpaired) electrons. The second-order valence-corrected chi connectivity index (χ2v) is 6.82. The van der Waals surface area contributed by atoms with E-state index in [-0.39, 0.29) is 23.5 Å². The number of amides is 1. The number of rotatable bonds is 7. The zero-order valence-electron chi connectivity index (χ0n) is 15.9. The molecule has 0 spiro atoms. The summed E-state index contributed by atoms with van der Waals surface area (Å²) in [5.74, 6) is -0.721. The smallest absolute Gasteiger partial charge is 0.335 e. The Balaban J connectivity index is 1.61. The Hall–Kier alpha value is -2.86. The van der Waals surface area contributed by atoms with E-state index in [1.807, 2.05) is 30.3 Å². The number of carbonyl (C=O) groups excluding carboxylic acids is 1. The first-order valence-electron chi connectivity index (χ1n) is 9.44. The van der Waals surface area contributed by atoms with E-state index in [9.17, 15) is 9.59 Å². The highest BCUT2D eigenvalue weighted by atomic mass is 16.5. The second kappa shape index (κ2) is 9.37. The van der Waals surface area contributed by atoms with Gasteiger partial charge in [0.25, 0.3) is 0 Å². The number of aromatic carboxylic acids is 1. The van der Waals surface area contributed by atoms with Gasteiger partial charge in [0.05, 0.1) is 24.7 Å². The van der Waals surface area contributed by atoms with Crippen LogP contribution in [0.1, 0.15) is 40.4 Å². The van der Waals surface area contributed by atoms with Gasteiger partial charge in [-0.2, -0.15) is 0 Å². The number of nitrogens with one attached hydrogen (secondary N) is 1. The van der Waals surface area contributed by atoms with Crippen LogP contribution in [0.15, 0.2) is 48.5 Å². The highest BCUT2D eigenvalue weighted by Gasteiger charge is 2.32. The van der Waals surface area contributed by atoms with Crippen molar-refractivity contribution in [1.82, 2.24) is 5.32 Å². The van der Waals surface area contributed by atoms with Crippen molar-refractivity contribution in [3.63, 3.8) is 0 Å². The molecule has 0 saturated carbocycles. The zero-order valence-corrected chi connectivity index (χ0v) is 15.9. The third kappa shape index (κ3) is 4.70. The van der Waals surface area contributed by atoms with Crippen LogP contribution in [0, 0.1) is 5.92 Å². The Morgan fingerprint density at radius 3 is 2.71 bits per heavy atom. The molecule has 1 saturated heterocycles. The topological polar surface area (TPSA) is 84.9 Å². The minimum atomic E-state index is -0.998. The highest BCUT2D eigenvalue weighted by Crippen LogP contribution is 2.33. The maximum atomic E-state index is 12.8. The number of ether oxygens (including phenoxy) is 2. The number of benzene rings is 2. The van der Waals surface area contributed by atoms with E-state index in [1.54, 1.807) is 12.1 Å². The third-order valence-electron chi connectivity index (χ3n) is 5.01. The van der Waals surface area contributed by atoms with Gasteiger partial charge in [0.15, 0.2) is 0 Å². The first-order valence-corrected chi connectivity index (χ1v) is 9.44. The van der Waals surface area contributed by atoms with Crippen molar-refractivity contribution < 1.29 is 24.2 Å². The molecule has 28 heavy (non-hydrogen) atoms. The molecule has 3 rings (SSSR count). The molecule has 6 nitrogen and oxygen atoms in total. The van der Waals surface area contributed by atoms with Gasteiger partial charge >= 0.3 is 5.97 Å². The lowest BCUT2D eigenvalue weighted by molar-refractivity contribution is -0.134. The van der Waals surface area contributed by atoms with E-state index < -0.39 is 5.97 Å². The minimum absolute atomic E-state index is 0.0188. The standard InChI is InChI=1S/C22H25NO5/c1-27-19-14-17(22(25)26)10-9-15(19)11-12-23-21(24)18-8-5-13-28-20(18)16-6-3-2-4-7-16/h2-4,6-7,9-10,14,18,20H,5,8,11-13H2,1H3,(H,23,24)(H,25,26). The summed E-state index contributed by atoms with van der Waals surface area (Å²) >= 11 is 0. The van der Waals surface area contributed by atoms with Crippen LogP contribution in [0.25, 0.3) is 0 Å². The molecule has 0 bridgehead atoms. The first-order chi connectivity index (χ1) is 13.6. The normalized spacial score (nSPS) is 19.0. The van der Waals surface area contributed by atoms with Crippen molar-refractivity contribution in [2.24, 2.45) is 5.92 Å². The molecule has 1 heterocycles. The number of carboxylic acid groups (broad SMARTS) is 1. The van der Waals surface area contributed by atoms with Gasteiger partial charge in [-0.3, -0.25) is 4.79 Å². The molecular weight excluding hydrogens is 358 g/mol. The molecule has 2 aromatic rings. The first kappa shape index (κ1) is 19.9. The number of carbonyl (C=O) groups is 2. The van der Waals surface area contributed by atoms with E-state index in [1.165, 1.54) is 13.2 Å². The van der Waals surface area contributed by atoms with Crippen LogP contribution in [0.3, 0.4) is 0 Å². The van der Waals surface area contributed by atoms with Crippen molar-refractivity contribution in [2.45, 2.75) is 25.4 Å². The van der Waals surface area contributed by atoms with E-state index in [2.05, 4.69) is 5.32 Å². The van der Waals surface area contributed by atoms with Crippen LogP contribution in [0.5, 0.6) is 5.75 Å². The van der Waals surface area contributed by atoms with Crippen LogP contribution >= 0.6 is 0 Å². The zero-order chi connectivity index (χ0) is 19.9. The molecule has 2 unspecified atom stereocenters. The van der Waals surface area contributed by atoms with Crippen LogP contribution in [-0.4, -0.2) is 37.2 Å². The van der Waals surface area contributed by atoms with Crippen LogP contribution < -0.4 is 10.1 Å². The minimum Gasteiger partial charge on any atom is -0.496 e. The Morgan fingerprint density at radius 1 is 1.21 bits per heavy atom. The average molecular weight is 383 g/mol. The van der Waals surface area contributed by atoms with E-state index >= 15 is 0 Å². The largest absolute Gasteiger partial charge is 0.496 e. The van der Waals surface area contributed by atoms with Gasteiger partial charge in [0.1, 0.15) is 5.75 Å². The summed E-state index contributed by atoms with van der Waals surface area (Å²) in [5, 5.41) is 12.1. The van der Waals surface area contributed by atoms with Crippen molar-refractivity contribution in [2.75, 3.05) is 20.3 Å². The summed E-state index contributed by atoms with van der Waals surface area (Å²) in [6.07, 6.45) is 1.99. The quantitative estimate of drug-likeness (QED) is 0.767. The molecule has 148 valence electrons. The Morgan fingerprint density at radius 2 is 2.00 bits per heavy atom. The van der Waals surface area contributed by atoms with Crippen LogP contribution in [0.2, 0.25) is 0 Å². The van der Waals surface area contributed by atoms with E-state index in [0.717, 1.165) is 24.0 Å². The molecule has 0 aromatic heterocycles. The molecule has 1 aliphatic rings. The molecule has 6 heteroatoms. The van der Waals surface area contributed by atoms with Gasteiger partial charge in [-0.05, 0) is 42.5 Å². The molecular formula is C22H25NO5. The SMILES string of the molecule is COc1cc(C(=O)O)ccc1CCNC(=O)C1CCCOC1c1ccccc1. The van der Waals surface area contributed by atoms with Crippen molar-refractivity contribution in [3.05, 3.63) is 65.2 Å². The fourth-order valence-corrected chi connectivity index (χ4v) is 3.56. The predicted octanol–water partition coefficient (Wildman–Crippen LogP) is 3.22. The lowest BCUT2D eigenvalue weighted by atomic mass is 9.88. The fraction of sp³-hybridized carbons (Fsp3) is 0.364. The van der Waals surface area contributed by atoms with E-state index in [4.69, 9.17) is 14.6 Å². The van der Waals surface area contributed by atoms with Gasteiger partial charge in [-0.1, -0.05) is 36.4 Å². The Labute approximate surface area is 164 Å². The average Bonchev–Trinajstić information content (AvgIpc) is 2.74. The van der Waals surface area contributed by atoms with Gasteiger partial charge in [0.2, 0.25) is 5.91 Å². The van der Waals surface area contributed by atoms with E-state index in [0.29, 0.717) is 25.3 Å². The van der Waals surface area contributed by atoms with Gasteiger partial charge < -0.3 is 19.9 Å². The molecule has 2 atom stereocenters. The number of methoxy groups -OCH3 is 1. The number of hydrogen-bond acceptors (Lipinski definition) is 4. The summed E-state index contributed by atoms with van der Waals surface area (Å²) in [5.41, 5.74) is 2.05. The monoisotopic (exact) mass is 383 g/mol. The summed E-state index contributed by atoms with van der Waals surface area (Å²) in [6.45, 7) is 1.11. The number of hydrogen-bond donors (Lipinski definition) is 2. The molecule has 0 aliphatic carbocycles. The lowest BCUT2D eigenvalue weighted by Crippen LogP contribution is -2.38. The summed E-state index contributed by atoms with van der Waals surface area (Å²) < 4.78 is 11.2. The predicted molar refractivity (Wildman–Crippen MR) is 105 cm³/mol. The van der Waals surface area contributed by atoms with Crippen molar-refractivity contribution in [3.8, 4) is 5.75 Å². The molecule has 2 N–H and O–H groups in total. The molecule has 1 amide bonds. The lowest BCUT2D eigenvalue weighted by Gasteiger charge is -2.31. The summed E-state index contributed by atoms with van der Waals surface area (Å²) in [4.78, 5) is 23.9. The van der Waals surface area contributed by atoms with Gasteiger partial charge in [-0.25, -0.2) is 4.79 Å². The molecule has 1 aliphatic heterocycles. The number of carboxylic acids is 1. The summed E-state index contributed by atoms with van der Waals surface area (Å²) in [6, 6.07) is 14.6. The second-order valence-electron chi connectivity index (χ2n) is 6.82. The molecule has 2 aromatic carbocycles. The molecule has 1 fully saturated rings.